The number of rotatable bonds is 5. The van der Waals surface area contributed by atoms with E-state index in [4.69, 9.17) is 5.84 Å². The van der Waals surface area contributed by atoms with Gasteiger partial charge in [0.1, 0.15) is 5.82 Å². The zero-order valence-corrected chi connectivity index (χ0v) is 12.5. The number of hydrogen-bond acceptors (Lipinski definition) is 6. The van der Waals surface area contributed by atoms with Crippen LogP contribution in [0.4, 0.5) is 11.8 Å². The average Bonchev–Trinajstić information content (AvgIpc) is 2.25. The number of aliphatic hydroxyl groups excluding tert-OH is 1. The molecule has 0 amide bonds. The number of aromatic nitrogens is 2. The van der Waals surface area contributed by atoms with E-state index in [0.29, 0.717) is 24.7 Å². The van der Waals surface area contributed by atoms with Gasteiger partial charge in [-0.1, -0.05) is 20.8 Å². The molecule has 1 aromatic heterocycles. The summed E-state index contributed by atoms with van der Waals surface area (Å²) in [5.74, 6) is 6.17. The van der Waals surface area contributed by atoms with E-state index >= 15 is 0 Å². The molecule has 0 aliphatic rings. The second-order valence-electron chi connectivity index (χ2n) is 5.33. The third-order valence-corrected chi connectivity index (χ3v) is 2.81. The van der Waals surface area contributed by atoms with Gasteiger partial charge in [0.15, 0.2) is 0 Å². The minimum absolute atomic E-state index is 0.0912. The normalized spacial score (nSPS) is 13.2. The zero-order chi connectivity index (χ0) is 13.8. The maximum Gasteiger partial charge on any atom is 0.239 e. The number of aliphatic hydroxyl groups is 1. The van der Waals surface area contributed by atoms with Crippen LogP contribution < -0.4 is 16.6 Å². The van der Waals surface area contributed by atoms with Crippen LogP contribution in [0, 0.1) is 5.41 Å². The van der Waals surface area contributed by atoms with Crippen LogP contribution in [0.2, 0.25) is 0 Å². The Balaban J connectivity index is 2.57. The van der Waals surface area contributed by atoms with Gasteiger partial charge in [-0.3, -0.25) is 5.43 Å². The Labute approximate surface area is 115 Å². The SMILES string of the molecule is CC(C)(C)CC(O)CNc1nc(NN)ncc1Br. The quantitative estimate of drug-likeness (QED) is 0.488. The van der Waals surface area contributed by atoms with E-state index in [1.165, 1.54) is 0 Å². The molecule has 0 radical (unpaired) electrons. The Morgan fingerprint density at radius 1 is 1.50 bits per heavy atom. The van der Waals surface area contributed by atoms with Crippen molar-refractivity contribution >= 4 is 27.7 Å². The highest BCUT2D eigenvalue weighted by Crippen LogP contribution is 2.22. The van der Waals surface area contributed by atoms with Crippen LogP contribution in [0.3, 0.4) is 0 Å². The molecule has 0 fully saturated rings. The standard InChI is InChI=1S/C11H20BrN5O/c1-11(2,3)4-7(18)5-14-9-8(12)6-15-10(16-9)17-13/h6-7,18H,4-5,13H2,1-3H3,(H2,14,15,16,17). The largest absolute Gasteiger partial charge is 0.391 e. The van der Waals surface area contributed by atoms with E-state index in [2.05, 4.69) is 57.4 Å². The number of halogens is 1. The van der Waals surface area contributed by atoms with Crippen LogP contribution in [-0.2, 0) is 0 Å². The van der Waals surface area contributed by atoms with Gasteiger partial charge >= 0.3 is 0 Å². The van der Waals surface area contributed by atoms with Crippen molar-refractivity contribution in [3.8, 4) is 0 Å². The number of anilines is 2. The highest BCUT2D eigenvalue weighted by molar-refractivity contribution is 9.10. The summed E-state index contributed by atoms with van der Waals surface area (Å²) in [6.45, 7) is 6.70. The van der Waals surface area contributed by atoms with Crippen LogP contribution in [0.5, 0.6) is 0 Å². The van der Waals surface area contributed by atoms with Crippen molar-refractivity contribution in [2.75, 3.05) is 17.3 Å². The van der Waals surface area contributed by atoms with E-state index in [1.807, 2.05) is 0 Å². The van der Waals surface area contributed by atoms with Crippen molar-refractivity contribution in [2.24, 2.45) is 11.3 Å². The minimum Gasteiger partial charge on any atom is -0.391 e. The van der Waals surface area contributed by atoms with Crippen molar-refractivity contribution in [1.82, 2.24) is 9.97 Å². The first-order chi connectivity index (χ1) is 8.31. The van der Waals surface area contributed by atoms with E-state index in [0.717, 1.165) is 4.47 Å². The van der Waals surface area contributed by atoms with Crippen molar-refractivity contribution in [2.45, 2.75) is 33.3 Å². The first-order valence-electron chi connectivity index (χ1n) is 5.73. The lowest BCUT2D eigenvalue weighted by atomic mass is 9.89. The number of nitrogens with two attached hydrogens (primary N) is 1. The molecule has 1 atom stereocenters. The smallest absolute Gasteiger partial charge is 0.239 e. The van der Waals surface area contributed by atoms with Gasteiger partial charge < -0.3 is 10.4 Å². The molecule has 1 heterocycles. The predicted octanol–water partition coefficient (Wildman–Crippen LogP) is 1.73. The average molecular weight is 318 g/mol. The molecule has 1 rings (SSSR count). The Morgan fingerprint density at radius 3 is 2.72 bits per heavy atom. The summed E-state index contributed by atoms with van der Waals surface area (Å²) in [6, 6.07) is 0. The van der Waals surface area contributed by atoms with Crippen LogP contribution in [0.1, 0.15) is 27.2 Å². The Hall–Kier alpha value is -0.920. The maximum atomic E-state index is 9.90. The summed E-state index contributed by atoms with van der Waals surface area (Å²) in [4.78, 5) is 8.09. The van der Waals surface area contributed by atoms with Crippen LogP contribution in [0.25, 0.3) is 0 Å². The molecule has 18 heavy (non-hydrogen) atoms. The van der Waals surface area contributed by atoms with Crippen molar-refractivity contribution in [1.29, 1.82) is 0 Å². The molecule has 0 bridgehead atoms. The Bertz CT molecular complexity index is 394. The van der Waals surface area contributed by atoms with Gasteiger partial charge in [0.05, 0.1) is 10.6 Å². The fourth-order valence-corrected chi connectivity index (χ4v) is 1.89. The van der Waals surface area contributed by atoms with Crippen LogP contribution in [-0.4, -0.2) is 27.7 Å². The third kappa shape index (κ3) is 5.16. The predicted molar refractivity (Wildman–Crippen MR) is 76.1 cm³/mol. The summed E-state index contributed by atoms with van der Waals surface area (Å²) in [6.07, 6.45) is 1.88. The molecular weight excluding hydrogens is 298 g/mol. The van der Waals surface area contributed by atoms with E-state index in [9.17, 15) is 5.11 Å². The van der Waals surface area contributed by atoms with Crippen molar-refractivity contribution in [3.05, 3.63) is 10.7 Å². The lowest BCUT2D eigenvalue weighted by Crippen LogP contribution is -2.25. The van der Waals surface area contributed by atoms with E-state index in [-0.39, 0.29) is 5.41 Å². The van der Waals surface area contributed by atoms with Gasteiger partial charge in [0, 0.05) is 12.7 Å². The molecule has 0 saturated heterocycles. The van der Waals surface area contributed by atoms with Gasteiger partial charge in [-0.15, -0.1) is 0 Å². The van der Waals surface area contributed by atoms with Gasteiger partial charge in [0.2, 0.25) is 5.95 Å². The first-order valence-corrected chi connectivity index (χ1v) is 6.52. The molecule has 5 N–H and O–H groups in total. The summed E-state index contributed by atoms with van der Waals surface area (Å²) in [5, 5.41) is 13.0. The first kappa shape index (κ1) is 15.1. The molecule has 1 unspecified atom stereocenters. The Morgan fingerprint density at radius 2 is 2.17 bits per heavy atom. The number of nitrogens with zero attached hydrogens (tertiary/aromatic N) is 2. The topological polar surface area (TPSA) is 96.1 Å². The number of hydrogen-bond donors (Lipinski definition) is 4. The summed E-state index contributed by atoms with van der Waals surface area (Å²) >= 11 is 3.33. The lowest BCUT2D eigenvalue weighted by Gasteiger charge is -2.22. The van der Waals surface area contributed by atoms with Crippen molar-refractivity contribution in [3.63, 3.8) is 0 Å². The Kier molecular flexibility index (Phi) is 5.30. The second kappa shape index (κ2) is 6.31. The monoisotopic (exact) mass is 317 g/mol. The number of hydrazine groups is 1. The van der Waals surface area contributed by atoms with Gasteiger partial charge in [-0.25, -0.2) is 10.8 Å². The highest BCUT2D eigenvalue weighted by atomic mass is 79.9. The molecule has 0 aliphatic carbocycles. The lowest BCUT2D eigenvalue weighted by molar-refractivity contribution is 0.132. The van der Waals surface area contributed by atoms with E-state index in [1.54, 1.807) is 6.20 Å². The molecule has 6 nitrogen and oxygen atoms in total. The molecule has 0 aliphatic heterocycles. The van der Waals surface area contributed by atoms with Crippen molar-refractivity contribution < 1.29 is 5.11 Å². The van der Waals surface area contributed by atoms with Crippen LogP contribution >= 0.6 is 15.9 Å². The molecule has 7 heteroatoms. The number of nitrogens with one attached hydrogen (secondary N) is 2. The fraction of sp³-hybridized carbons (Fsp3) is 0.636. The fourth-order valence-electron chi connectivity index (χ4n) is 1.55. The summed E-state index contributed by atoms with van der Waals surface area (Å²) in [5.41, 5.74) is 2.47. The molecule has 0 spiro atoms. The zero-order valence-electron chi connectivity index (χ0n) is 10.9. The highest BCUT2D eigenvalue weighted by Gasteiger charge is 2.17. The molecule has 0 saturated carbocycles. The van der Waals surface area contributed by atoms with E-state index < -0.39 is 6.10 Å². The third-order valence-electron chi connectivity index (χ3n) is 2.23. The maximum absolute atomic E-state index is 9.90. The molecule has 1 aromatic rings. The second-order valence-corrected chi connectivity index (χ2v) is 6.19. The molecule has 102 valence electrons. The molecule has 0 aromatic carbocycles. The summed E-state index contributed by atoms with van der Waals surface area (Å²) in [7, 11) is 0. The molecular formula is C11H20BrN5O. The van der Waals surface area contributed by atoms with Gasteiger partial charge in [-0.05, 0) is 27.8 Å². The van der Waals surface area contributed by atoms with Gasteiger partial charge in [-0.2, -0.15) is 4.98 Å². The van der Waals surface area contributed by atoms with Gasteiger partial charge in [0.25, 0.3) is 0 Å². The van der Waals surface area contributed by atoms with Crippen LogP contribution in [0.15, 0.2) is 10.7 Å². The summed E-state index contributed by atoms with van der Waals surface area (Å²) < 4.78 is 0.726. The number of nitrogen functional groups attached to an aromatic ring is 1. The minimum atomic E-state index is -0.429.